The second kappa shape index (κ2) is 6.55. The summed E-state index contributed by atoms with van der Waals surface area (Å²) in [4.78, 5) is 14.6. The number of fused-ring (bicyclic) bond motifs is 3. The molecule has 2 atom stereocenters. The SMILES string of the molecule is CCN1C(=O)C2=C(C)NNC2c2cc(C#CC3CCCCN3)ccc21. The fourth-order valence-corrected chi connectivity index (χ4v) is 3.88. The van der Waals surface area contributed by atoms with Gasteiger partial charge in [-0.3, -0.25) is 4.79 Å². The lowest BCUT2D eigenvalue weighted by atomic mass is 9.90. The van der Waals surface area contributed by atoms with E-state index in [9.17, 15) is 4.79 Å². The van der Waals surface area contributed by atoms with E-state index in [1.54, 1.807) is 0 Å². The summed E-state index contributed by atoms with van der Waals surface area (Å²) in [5, 5.41) is 3.46. The summed E-state index contributed by atoms with van der Waals surface area (Å²) in [6.07, 6.45) is 3.61. The van der Waals surface area contributed by atoms with Crippen molar-refractivity contribution in [1.82, 2.24) is 16.2 Å². The molecule has 3 heterocycles. The Balaban J connectivity index is 1.70. The highest BCUT2D eigenvalue weighted by molar-refractivity contribution is 6.10. The molecule has 1 aromatic rings. The van der Waals surface area contributed by atoms with Gasteiger partial charge in [-0.25, -0.2) is 5.43 Å². The minimum Gasteiger partial charge on any atom is -0.324 e. The second-order valence-electron chi connectivity index (χ2n) is 6.84. The van der Waals surface area contributed by atoms with Crippen LogP contribution in [0.1, 0.15) is 50.3 Å². The van der Waals surface area contributed by atoms with Gasteiger partial charge in [-0.05, 0) is 57.9 Å². The monoisotopic (exact) mass is 336 g/mol. The molecular weight excluding hydrogens is 312 g/mol. The molecule has 5 heteroatoms. The van der Waals surface area contributed by atoms with Gasteiger partial charge in [0.25, 0.3) is 5.91 Å². The van der Waals surface area contributed by atoms with Crippen molar-refractivity contribution >= 4 is 11.6 Å². The van der Waals surface area contributed by atoms with E-state index < -0.39 is 0 Å². The number of benzene rings is 1. The molecule has 1 aromatic carbocycles. The first-order valence-corrected chi connectivity index (χ1v) is 9.12. The van der Waals surface area contributed by atoms with Crippen molar-refractivity contribution in [1.29, 1.82) is 0 Å². The van der Waals surface area contributed by atoms with E-state index in [1.165, 1.54) is 12.8 Å². The number of rotatable bonds is 1. The van der Waals surface area contributed by atoms with Gasteiger partial charge in [0.2, 0.25) is 0 Å². The molecule has 0 saturated carbocycles. The van der Waals surface area contributed by atoms with E-state index in [0.29, 0.717) is 12.6 Å². The number of nitrogens with one attached hydrogen (secondary N) is 3. The smallest absolute Gasteiger partial charge is 0.258 e. The number of anilines is 1. The standard InChI is InChI=1S/C20H24N4O/c1-3-24-17-10-8-14(7-9-15-6-4-5-11-21-15)12-16(17)19-18(20(24)25)13(2)22-23-19/h8,10,12,15,19,21-23H,3-6,11H2,1-2H3. The first-order valence-electron chi connectivity index (χ1n) is 9.12. The largest absolute Gasteiger partial charge is 0.324 e. The lowest BCUT2D eigenvalue weighted by Crippen LogP contribution is -2.40. The number of nitrogens with zero attached hydrogens (tertiary/aromatic N) is 1. The third-order valence-corrected chi connectivity index (χ3v) is 5.22. The van der Waals surface area contributed by atoms with Crippen LogP contribution in [0.25, 0.3) is 0 Å². The molecular formula is C20H24N4O. The third-order valence-electron chi connectivity index (χ3n) is 5.22. The number of carbonyl (C=O) groups excluding carboxylic acids is 1. The van der Waals surface area contributed by atoms with Crippen LogP contribution >= 0.6 is 0 Å². The Labute approximate surface area is 148 Å². The molecule has 4 rings (SSSR count). The molecule has 5 nitrogen and oxygen atoms in total. The van der Waals surface area contributed by atoms with Gasteiger partial charge in [0.1, 0.15) is 0 Å². The minimum atomic E-state index is -0.0974. The normalized spacial score (nSPS) is 25.0. The van der Waals surface area contributed by atoms with Crippen LogP contribution in [0.4, 0.5) is 5.69 Å². The van der Waals surface area contributed by atoms with Crippen LogP contribution in [-0.4, -0.2) is 25.0 Å². The Hall–Kier alpha value is -2.29. The lowest BCUT2D eigenvalue weighted by Gasteiger charge is -2.33. The van der Waals surface area contributed by atoms with Gasteiger partial charge in [-0.2, -0.15) is 0 Å². The maximum Gasteiger partial charge on any atom is 0.258 e. The second-order valence-corrected chi connectivity index (χ2v) is 6.84. The zero-order chi connectivity index (χ0) is 17.4. The molecule has 0 aromatic heterocycles. The summed E-state index contributed by atoms with van der Waals surface area (Å²) in [7, 11) is 0. The predicted molar refractivity (Wildman–Crippen MR) is 98.7 cm³/mol. The van der Waals surface area contributed by atoms with E-state index in [2.05, 4.69) is 34.1 Å². The van der Waals surface area contributed by atoms with Crippen LogP contribution in [0.15, 0.2) is 29.5 Å². The van der Waals surface area contributed by atoms with Crippen molar-refractivity contribution in [2.24, 2.45) is 0 Å². The van der Waals surface area contributed by atoms with Crippen molar-refractivity contribution in [3.05, 3.63) is 40.6 Å². The molecule has 3 aliphatic rings. The van der Waals surface area contributed by atoms with Gasteiger partial charge < -0.3 is 15.6 Å². The molecule has 1 amide bonds. The fourth-order valence-electron chi connectivity index (χ4n) is 3.88. The number of hydrogen-bond acceptors (Lipinski definition) is 4. The van der Waals surface area contributed by atoms with E-state index in [0.717, 1.165) is 41.1 Å². The quantitative estimate of drug-likeness (QED) is 0.687. The molecule has 130 valence electrons. The number of piperidine rings is 1. The summed E-state index contributed by atoms with van der Waals surface area (Å²) in [6.45, 7) is 5.67. The highest BCUT2D eigenvalue weighted by Crippen LogP contribution is 2.40. The van der Waals surface area contributed by atoms with Crippen LogP contribution in [0, 0.1) is 11.8 Å². The van der Waals surface area contributed by atoms with Gasteiger partial charge in [-0.15, -0.1) is 0 Å². The highest BCUT2D eigenvalue weighted by atomic mass is 16.2. The van der Waals surface area contributed by atoms with E-state index in [4.69, 9.17) is 0 Å². The lowest BCUT2D eigenvalue weighted by molar-refractivity contribution is -0.115. The maximum atomic E-state index is 12.8. The summed E-state index contributed by atoms with van der Waals surface area (Å²) in [6, 6.07) is 6.37. The van der Waals surface area contributed by atoms with Crippen LogP contribution < -0.4 is 21.1 Å². The Morgan fingerprint density at radius 1 is 1.32 bits per heavy atom. The van der Waals surface area contributed by atoms with Crippen LogP contribution in [-0.2, 0) is 4.79 Å². The highest BCUT2D eigenvalue weighted by Gasteiger charge is 2.39. The number of hydrogen-bond donors (Lipinski definition) is 3. The number of amides is 1. The molecule has 1 fully saturated rings. The average molecular weight is 336 g/mol. The van der Waals surface area contributed by atoms with Gasteiger partial charge >= 0.3 is 0 Å². The predicted octanol–water partition coefficient (Wildman–Crippen LogP) is 1.97. The molecule has 0 bridgehead atoms. The van der Waals surface area contributed by atoms with Crippen molar-refractivity contribution in [2.75, 3.05) is 18.0 Å². The van der Waals surface area contributed by atoms with Crippen molar-refractivity contribution < 1.29 is 4.79 Å². The Bertz CT molecular complexity index is 796. The first kappa shape index (κ1) is 16.2. The molecule has 0 aliphatic carbocycles. The zero-order valence-electron chi connectivity index (χ0n) is 14.8. The van der Waals surface area contributed by atoms with Gasteiger partial charge in [0.15, 0.2) is 0 Å². The number of hydrazine groups is 1. The van der Waals surface area contributed by atoms with E-state index in [-0.39, 0.29) is 11.9 Å². The minimum absolute atomic E-state index is 0.0836. The zero-order valence-corrected chi connectivity index (χ0v) is 14.8. The van der Waals surface area contributed by atoms with E-state index >= 15 is 0 Å². The summed E-state index contributed by atoms with van der Waals surface area (Å²) in [5.74, 6) is 6.76. The van der Waals surface area contributed by atoms with Crippen LogP contribution in [0.5, 0.6) is 0 Å². The van der Waals surface area contributed by atoms with Crippen molar-refractivity contribution in [2.45, 2.75) is 45.2 Å². The number of likely N-dealkylation sites (N-methyl/N-ethyl adjacent to an activating group) is 1. The maximum absolute atomic E-state index is 12.8. The van der Waals surface area contributed by atoms with Crippen molar-refractivity contribution in [3.8, 4) is 11.8 Å². The van der Waals surface area contributed by atoms with Crippen LogP contribution in [0.2, 0.25) is 0 Å². The van der Waals surface area contributed by atoms with Gasteiger partial charge in [-0.1, -0.05) is 11.8 Å². The third kappa shape index (κ3) is 2.82. The summed E-state index contributed by atoms with van der Waals surface area (Å²) >= 11 is 0. The van der Waals surface area contributed by atoms with Gasteiger partial charge in [0.05, 0.1) is 17.7 Å². The molecule has 25 heavy (non-hydrogen) atoms. The van der Waals surface area contributed by atoms with E-state index in [1.807, 2.05) is 30.9 Å². The fraction of sp³-hybridized carbons (Fsp3) is 0.450. The number of allylic oxidation sites excluding steroid dienone is 1. The van der Waals surface area contributed by atoms with Crippen LogP contribution in [0.3, 0.4) is 0 Å². The molecule has 3 aliphatic heterocycles. The van der Waals surface area contributed by atoms with Crippen molar-refractivity contribution in [3.63, 3.8) is 0 Å². The Morgan fingerprint density at radius 3 is 2.96 bits per heavy atom. The van der Waals surface area contributed by atoms with Gasteiger partial charge in [0, 0.05) is 29.1 Å². The summed E-state index contributed by atoms with van der Waals surface area (Å²) in [5.41, 5.74) is 11.2. The summed E-state index contributed by atoms with van der Waals surface area (Å²) < 4.78 is 0. The molecule has 1 saturated heterocycles. The molecule has 0 spiro atoms. The topological polar surface area (TPSA) is 56.4 Å². The first-order chi connectivity index (χ1) is 12.2. The number of carbonyl (C=O) groups is 1. The molecule has 3 N–H and O–H groups in total. The molecule has 0 radical (unpaired) electrons. The Kier molecular flexibility index (Phi) is 4.24. The average Bonchev–Trinajstić information content (AvgIpc) is 3.04. The molecule has 2 unspecified atom stereocenters. The Morgan fingerprint density at radius 2 is 2.20 bits per heavy atom.